The molecule has 0 aromatic heterocycles. The van der Waals surface area contributed by atoms with E-state index in [4.69, 9.17) is 0 Å². The monoisotopic (exact) mass is 237 g/mol. The molecule has 0 heterocycles. The van der Waals surface area contributed by atoms with Gasteiger partial charge in [0.1, 0.15) is 0 Å². The topological polar surface area (TPSA) is 12.0 Å². The second-order valence-electron chi connectivity index (χ2n) is 2.78. The zero-order valence-electron chi connectivity index (χ0n) is 7.45. The highest BCUT2D eigenvalue weighted by Crippen LogP contribution is 2.21. The van der Waals surface area contributed by atoms with Gasteiger partial charge in [-0.15, -0.1) is 17.0 Å². The van der Waals surface area contributed by atoms with Gasteiger partial charge in [-0.1, -0.05) is 36.4 Å². The molecule has 0 aliphatic heterocycles. The van der Waals surface area contributed by atoms with Crippen molar-refractivity contribution >= 4 is 33.4 Å². The first-order valence-electron chi connectivity index (χ1n) is 4.07. The van der Waals surface area contributed by atoms with Gasteiger partial charge in [-0.25, -0.2) is 0 Å². The van der Waals surface area contributed by atoms with E-state index in [0.717, 1.165) is 0 Å². The molecule has 0 amide bonds. The van der Waals surface area contributed by atoms with Crippen molar-refractivity contribution in [1.29, 1.82) is 0 Å². The Labute approximate surface area is 88.5 Å². The normalized spacial score (nSPS) is 9.31. The number of anilines is 1. The lowest BCUT2D eigenvalue weighted by Crippen LogP contribution is -1.88. The fourth-order valence-electron chi connectivity index (χ4n) is 1.44. The summed E-state index contributed by atoms with van der Waals surface area (Å²) >= 11 is 0. The van der Waals surface area contributed by atoms with Gasteiger partial charge in [0, 0.05) is 18.1 Å². The average molecular weight is 238 g/mol. The van der Waals surface area contributed by atoms with E-state index < -0.39 is 0 Å². The lowest BCUT2D eigenvalue weighted by molar-refractivity contribution is 1.55. The van der Waals surface area contributed by atoms with Crippen molar-refractivity contribution in [1.82, 2.24) is 0 Å². The van der Waals surface area contributed by atoms with Crippen LogP contribution in [0.4, 0.5) is 5.69 Å². The van der Waals surface area contributed by atoms with Crippen LogP contribution < -0.4 is 5.32 Å². The van der Waals surface area contributed by atoms with Crippen LogP contribution in [0.2, 0.25) is 0 Å². The Balaban J connectivity index is 0.000000845. The fourth-order valence-corrected chi connectivity index (χ4v) is 1.44. The summed E-state index contributed by atoms with van der Waals surface area (Å²) in [6, 6.07) is 14.6. The van der Waals surface area contributed by atoms with Gasteiger partial charge < -0.3 is 5.32 Å². The smallest absolute Gasteiger partial charge is 0.0417 e. The van der Waals surface area contributed by atoms with Crippen molar-refractivity contribution in [2.24, 2.45) is 0 Å². The number of benzene rings is 2. The SMILES string of the molecule is Br.CNc1cccc2ccccc12. The van der Waals surface area contributed by atoms with Crippen LogP contribution in [0.1, 0.15) is 0 Å². The Morgan fingerprint density at radius 1 is 0.923 bits per heavy atom. The van der Waals surface area contributed by atoms with E-state index in [1.54, 1.807) is 0 Å². The third-order valence-corrected chi connectivity index (χ3v) is 2.06. The maximum Gasteiger partial charge on any atom is 0.0417 e. The van der Waals surface area contributed by atoms with Crippen LogP contribution in [0.5, 0.6) is 0 Å². The molecular weight excluding hydrogens is 226 g/mol. The largest absolute Gasteiger partial charge is 0.388 e. The van der Waals surface area contributed by atoms with Gasteiger partial charge in [-0.3, -0.25) is 0 Å². The van der Waals surface area contributed by atoms with Crippen molar-refractivity contribution in [3.63, 3.8) is 0 Å². The van der Waals surface area contributed by atoms with Gasteiger partial charge in [0.05, 0.1) is 0 Å². The Morgan fingerprint density at radius 2 is 1.62 bits per heavy atom. The number of nitrogens with one attached hydrogen (secondary N) is 1. The second-order valence-corrected chi connectivity index (χ2v) is 2.78. The van der Waals surface area contributed by atoms with Crippen LogP contribution in [-0.2, 0) is 0 Å². The molecule has 0 bridgehead atoms. The fraction of sp³-hybridized carbons (Fsp3) is 0.0909. The van der Waals surface area contributed by atoms with Crippen molar-refractivity contribution in [3.8, 4) is 0 Å². The number of halogens is 1. The first-order chi connectivity index (χ1) is 5.92. The molecule has 2 rings (SSSR count). The van der Waals surface area contributed by atoms with Crippen LogP contribution in [0, 0.1) is 0 Å². The molecule has 1 nitrogen and oxygen atoms in total. The van der Waals surface area contributed by atoms with Gasteiger partial charge in [0.15, 0.2) is 0 Å². The predicted molar refractivity (Wildman–Crippen MR) is 63.8 cm³/mol. The molecule has 0 aliphatic rings. The maximum atomic E-state index is 3.17. The minimum atomic E-state index is 0. The standard InChI is InChI=1S/C11H11N.BrH/c1-12-11-8-4-6-9-5-2-3-7-10(9)11;/h2-8,12H,1H3;1H. The summed E-state index contributed by atoms with van der Waals surface area (Å²) in [5.41, 5.74) is 1.19. The quantitative estimate of drug-likeness (QED) is 0.802. The second kappa shape index (κ2) is 4.28. The molecule has 0 saturated carbocycles. The third kappa shape index (κ3) is 1.83. The van der Waals surface area contributed by atoms with Gasteiger partial charge in [-0.05, 0) is 11.5 Å². The van der Waals surface area contributed by atoms with E-state index in [1.165, 1.54) is 16.5 Å². The van der Waals surface area contributed by atoms with E-state index in [2.05, 4.69) is 47.8 Å². The lowest BCUT2D eigenvalue weighted by atomic mass is 10.1. The molecule has 0 atom stereocenters. The first kappa shape index (κ1) is 10.1. The molecule has 2 aromatic rings. The van der Waals surface area contributed by atoms with E-state index >= 15 is 0 Å². The van der Waals surface area contributed by atoms with Gasteiger partial charge in [0.2, 0.25) is 0 Å². The zero-order chi connectivity index (χ0) is 8.39. The third-order valence-electron chi connectivity index (χ3n) is 2.06. The summed E-state index contributed by atoms with van der Waals surface area (Å²) in [5.74, 6) is 0. The lowest BCUT2D eigenvalue weighted by Gasteiger charge is -2.04. The van der Waals surface area contributed by atoms with Crippen LogP contribution >= 0.6 is 17.0 Å². The number of fused-ring (bicyclic) bond motifs is 1. The van der Waals surface area contributed by atoms with Crippen molar-refractivity contribution in [2.75, 3.05) is 12.4 Å². The molecule has 0 aliphatic carbocycles. The summed E-state index contributed by atoms with van der Waals surface area (Å²) in [4.78, 5) is 0. The summed E-state index contributed by atoms with van der Waals surface area (Å²) in [6.07, 6.45) is 0. The molecule has 0 fully saturated rings. The van der Waals surface area contributed by atoms with E-state index in [-0.39, 0.29) is 17.0 Å². The minimum Gasteiger partial charge on any atom is -0.388 e. The van der Waals surface area contributed by atoms with Gasteiger partial charge >= 0.3 is 0 Å². The van der Waals surface area contributed by atoms with Gasteiger partial charge in [-0.2, -0.15) is 0 Å². The van der Waals surface area contributed by atoms with Crippen molar-refractivity contribution in [2.45, 2.75) is 0 Å². The molecule has 68 valence electrons. The van der Waals surface area contributed by atoms with Crippen LogP contribution in [0.15, 0.2) is 42.5 Å². The number of hydrogen-bond donors (Lipinski definition) is 1. The Hall–Kier alpha value is -1.02. The van der Waals surface area contributed by atoms with Crippen molar-refractivity contribution < 1.29 is 0 Å². The zero-order valence-corrected chi connectivity index (χ0v) is 9.16. The van der Waals surface area contributed by atoms with Gasteiger partial charge in [0.25, 0.3) is 0 Å². The molecule has 0 saturated heterocycles. The number of hydrogen-bond acceptors (Lipinski definition) is 1. The van der Waals surface area contributed by atoms with E-state index in [0.29, 0.717) is 0 Å². The highest BCUT2D eigenvalue weighted by molar-refractivity contribution is 8.93. The Kier molecular flexibility index (Phi) is 3.32. The van der Waals surface area contributed by atoms with Crippen LogP contribution in [0.25, 0.3) is 10.8 Å². The molecule has 2 aromatic carbocycles. The summed E-state index contributed by atoms with van der Waals surface area (Å²) in [7, 11) is 1.95. The molecule has 0 spiro atoms. The first-order valence-corrected chi connectivity index (χ1v) is 4.07. The highest BCUT2D eigenvalue weighted by Gasteiger charge is 1.95. The molecule has 1 N–H and O–H groups in total. The molecule has 0 unspecified atom stereocenters. The summed E-state index contributed by atoms with van der Waals surface area (Å²) < 4.78 is 0. The van der Waals surface area contributed by atoms with E-state index in [1.807, 2.05) is 7.05 Å². The van der Waals surface area contributed by atoms with Crippen LogP contribution in [0.3, 0.4) is 0 Å². The highest BCUT2D eigenvalue weighted by atomic mass is 79.9. The molecule has 13 heavy (non-hydrogen) atoms. The van der Waals surface area contributed by atoms with Crippen molar-refractivity contribution in [3.05, 3.63) is 42.5 Å². The minimum absolute atomic E-state index is 0. The van der Waals surface area contributed by atoms with Crippen LogP contribution in [-0.4, -0.2) is 7.05 Å². The molecular formula is C11H12BrN. The molecule has 0 radical (unpaired) electrons. The summed E-state index contributed by atoms with van der Waals surface area (Å²) in [6.45, 7) is 0. The molecule has 2 heteroatoms. The van der Waals surface area contributed by atoms with E-state index in [9.17, 15) is 0 Å². The Bertz CT molecular complexity index is 393. The Morgan fingerprint density at radius 3 is 2.38 bits per heavy atom. The number of rotatable bonds is 1. The average Bonchev–Trinajstić information content (AvgIpc) is 2.17. The maximum absolute atomic E-state index is 3.17. The predicted octanol–water partition coefficient (Wildman–Crippen LogP) is 3.46. The summed E-state index contributed by atoms with van der Waals surface area (Å²) in [5, 5.41) is 5.73.